The lowest BCUT2D eigenvalue weighted by molar-refractivity contribution is -0.146. The molecule has 94 valence electrons. The minimum absolute atomic E-state index is 0.0608. The number of nitrogens with one attached hydrogen (secondary N) is 1. The highest BCUT2D eigenvalue weighted by Gasteiger charge is 2.24. The molecule has 0 radical (unpaired) electrons. The number of hydrogen-bond donors (Lipinski definition) is 2. The van der Waals surface area contributed by atoms with E-state index < -0.39 is 0 Å². The van der Waals surface area contributed by atoms with E-state index in [2.05, 4.69) is 5.32 Å². The number of rotatable bonds is 5. The van der Waals surface area contributed by atoms with Gasteiger partial charge in [0.15, 0.2) is 0 Å². The Morgan fingerprint density at radius 3 is 2.75 bits per heavy atom. The highest BCUT2D eigenvalue weighted by atomic mass is 16.5. The first-order chi connectivity index (χ1) is 7.63. The number of esters is 1. The molecule has 2 atom stereocenters. The molecule has 1 rings (SSSR count). The lowest BCUT2D eigenvalue weighted by Crippen LogP contribution is -2.43. The van der Waals surface area contributed by atoms with Crippen LogP contribution in [0.3, 0.4) is 0 Å². The van der Waals surface area contributed by atoms with Crippen LogP contribution in [-0.2, 0) is 9.53 Å². The molecule has 16 heavy (non-hydrogen) atoms. The van der Waals surface area contributed by atoms with Crippen LogP contribution < -0.4 is 5.32 Å². The van der Waals surface area contributed by atoms with Crippen molar-refractivity contribution in [2.45, 2.75) is 51.7 Å². The van der Waals surface area contributed by atoms with Gasteiger partial charge in [-0.25, -0.2) is 0 Å². The topological polar surface area (TPSA) is 58.6 Å². The Morgan fingerprint density at radius 2 is 2.12 bits per heavy atom. The highest BCUT2D eigenvalue weighted by molar-refractivity contribution is 5.71. The van der Waals surface area contributed by atoms with E-state index in [1.807, 2.05) is 13.8 Å². The maximum absolute atomic E-state index is 11.3. The van der Waals surface area contributed by atoms with Crippen LogP contribution in [-0.4, -0.2) is 36.4 Å². The Balaban J connectivity index is 2.27. The van der Waals surface area contributed by atoms with E-state index in [0.29, 0.717) is 5.92 Å². The van der Waals surface area contributed by atoms with Crippen molar-refractivity contribution in [3.8, 4) is 0 Å². The van der Waals surface area contributed by atoms with Gasteiger partial charge in [-0.1, -0.05) is 12.8 Å². The molecule has 0 aromatic heterocycles. The normalized spacial score (nSPS) is 25.8. The molecule has 0 bridgehead atoms. The zero-order valence-corrected chi connectivity index (χ0v) is 10.2. The maximum Gasteiger partial charge on any atom is 0.320 e. The number of aliphatic hydroxyl groups excluding tert-OH is 1. The molecule has 0 heterocycles. The average Bonchev–Trinajstić information content (AvgIpc) is 2.26. The summed E-state index contributed by atoms with van der Waals surface area (Å²) in [7, 11) is 0. The first-order valence-corrected chi connectivity index (χ1v) is 6.17. The van der Waals surface area contributed by atoms with E-state index >= 15 is 0 Å². The van der Waals surface area contributed by atoms with Crippen molar-refractivity contribution in [1.29, 1.82) is 0 Å². The summed E-state index contributed by atoms with van der Waals surface area (Å²) >= 11 is 0. The van der Waals surface area contributed by atoms with Crippen LogP contribution in [0.1, 0.15) is 39.5 Å². The van der Waals surface area contributed by atoms with E-state index in [0.717, 1.165) is 12.8 Å². The highest BCUT2D eigenvalue weighted by Crippen LogP contribution is 2.23. The van der Waals surface area contributed by atoms with E-state index in [1.165, 1.54) is 12.8 Å². The molecule has 0 saturated heterocycles. The van der Waals surface area contributed by atoms with E-state index in [-0.39, 0.29) is 31.3 Å². The largest absolute Gasteiger partial charge is 0.462 e. The Kier molecular flexibility index (Phi) is 5.77. The van der Waals surface area contributed by atoms with Crippen molar-refractivity contribution in [1.82, 2.24) is 5.32 Å². The molecule has 0 aliphatic heterocycles. The number of ether oxygens (including phenoxy) is 1. The molecular formula is C12H23NO3. The van der Waals surface area contributed by atoms with Crippen molar-refractivity contribution >= 4 is 5.97 Å². The van der Waals surface area contributed by atoms with Crippen molar-refractivity contribution in [2.75, 3.05) is 13.2 Å². The molecule has 0 aromatic rings. The van der Waals surface area contributed by atoms with Gasteiger partial charge in [-0.05, 0) is 32.6 Å². The summed E-state index contributed by atoms with van der Waals surface area (Å²) in [5, 5.41) is 12.4. The van der Waals surface area contributed by atoms with Crippen molar-refractivity contribution in [3.63, 3.8) is 0 Å². The third-order valence-electron chi connectivity index (χ3n) is 3.02. The fraction of sp³-hybridized carbons (Fsp3) is 0.917. The Hall–Kier alpha value is -0.610. The molecule has 0 amide bonds. The average molecular weight is 229 g/mol. The van der Waals surface area contributed by atoms with Crippen LogP contribution in [0.15, 0.2) is 0 Å². The van der Waals surface area contributed by atoms with Gasteiger partial charge in [-0.2, -0.15) is 0 Å². The van der Waals surface area contributed by atoms with Crippen LogP contribution in [0.25, 0.3) is 0 Å². The second kappa shape index (κ2) is 6.86. The Labute approximate surface area is 97.4 Å². The fourth-order valence-corrected chi connectivity index (χ4v) is 2.21. The molecule has 4 nitrogen and oxygen atoms in total. The van der Waals surface area contributed by atoms with Gasteiger partial charge in [-0.15, -0.1) is 0 Å². The third kappa shape index (κ3) is 4.49. The summed E-state index contributed by atoms with van der Waals surface area (Å²) in [4.78, 5) is 11.3. The van der Waals surface area contributed by atoms with Crippen LogP contribution in [0.4, 0.5) is 0 Å². The molecule has 2 unspecified atom stereocenters. The zero-order chi connectivity index (χ0) is 12.0. The standard InChI is InChI=1S/C12H23NO3/c1-9(2)16-12(15)7-13-11-6-4-3-5-10(11)8-14/h9-11,13-14H,3-8H2,1-2H3. The maximum atomic E-state index is 11.3. The molecule has 1 aliphatic carbocycles. The molecule has 0 aromatic carbocycles. The summed E-state index contributed by atoms with van der Waals surface area (Å²) < 4.78 is 5.05. The summed E-state index contributed by atoms with van der Waals surface area (Å²) in [5.74, 6) is 0.0814. The third-order valence-corrected chi connectivity index (χ3v) is 3.02. The molecule has 1 saturated carbocycles. The summed E-state index contributed by atoms with van der Waals surface area (Å²) in [5.41, 5.74) is 0. The minimum atomic E-state index is -0.211. The van der Waals surface area contributed by atoms with Gasteiger partial charge >= 0.3 is 5.97 Å². The van der Waals surface area contributed by atoms with Gasteiger partial charge in [-0.3, -0.25) is 4.79 Å². The Morgan fingerprint density at radius 1 is 1.44 bits per heavy atom. The van der Waals surface area contributed by atoms with Gasteiger partial charge in [0.1, 0.15) is 0 Å². The van der Waals surface area contributed by atoms with Crippen LogP contribution in [0.5, 0.6) is 0 Å². The molecule has 4 heteroatoms. The van der Waals surface area contributed by atoms with Crippen molar-refractivity contribution in [3.05, 3.63) is 0 Å². The van der Waals surface area contributed by atoms with Gasteiger partial charge < -0.3 is 15.2 Å². The predicted molar refractivity (Wildman–Crippen MR) is 62.1 cm³/mol. The molecule has 2 N–H and O–H groups in total. The van der Waals surface area contributed by atoms with Gasteiger partial charge in [0.25, 0.3) is 0 Å². The smallest absolute Gasteiger partial charge is 0.320 e. The number of hydrogen-bond acceptors (Lipinski definition) is 4. The van der Waals surface area contributed by atoms with Gasteiger partial charge in [0, 0.05) is 12.6 Å². The number of aliphatic hydroxyl groups is 1. The SMILES string of the molecule is CC(C)OC(=O)CNC1CCCCC1CO. The monoisotopic (exact) mass is 229 g/mol. The first-order valence-electron chi connectivity index (χ1n) is 6.17. The van der Waals surface area contributed by atoms with Crippen LogP contribution >= 0.6 is 0 Å². The fourth-order valence-electron chi connectivity index (χ4n) is 2.21. The van der Waals surface area contributed by atoms with Gasteiger partial charge in [0.05, 0.1) is 12.6 Å². The predicted octanol–water partition coefficient (Wildman–Crippen LogP) is 1.08. The zero-order valence-electron chi connectivity index (χ0n) is 10.2. The van der Waals surface area contributed by atoms with Crippen LogP contribution in [0.2, 0.25) is 0 Å². The van der Waals surface area contributed by atoms with Gasteiger partial charge in [0.2, 0.25) is 0 Å². The second-order valence-corrected chi connectivity index (χ2v) is 4.75. The van der Waals surface area contributed by atoms with Crippen molar-refractivity contribution < 1.29 is 14.6 Å². The molecular weight excluding hydrogens is 206 g/mol. The lowest BCUT2D eigenvalue weighted by Gasteiger charge is -2.30. The first kappa shape index (κ1) is 13.5. The van der Waals surface area contributed by atoms with Crippen LogP contribution in [0, 0.1) is 5.92 Å². The quantitative estimate of drug-likeness (QED) is 0.693. The summed E-state index contributed by atoms with van der Waals surface area (Å²) in [6, 6.07) is 0.262. The lowest BCUT2D eigenvalue weighted by atomic mass is 9.85. The molecule has 0 spiro atoms. The van der Waals surface area contributed by atoms with Crippen molar-refractivity contribution in [2.24, 2.45) is 5.92 Å². The number of carbonyl (C=O) groups is 1. The van der Waals surface area contributed by atoms with E-state index in [4.69, 9.17) is 4.74 Å². The van der Waals surface area contributed by atoms with E-state index in [1.54, 1.807) is 0 Å². The number of carbonyl (C=O) groups excluding carboxylic acids is 1. The summed E-state index contributed by atoms with van der Waals surface area (Å²) in [6.07, 6.45) is 4.38. The molecule has 1 aliphatic rings. The second-order valence-electron chi connectivity index (χ2n) is 4.75. The minimum Gasteiger partial charge on any atom is -0.462 e. The Bertz CT molecular complexity index is 218. The molecule has 1 fully saturated rings. The summed E-state index contributed by atoms with van der Waals surface area (Å²) in [6.45, 7) is 4.14. The van der Waals surface area contributed by atoms with E-state index in [9.17, 15) is 9.90 Å².